The molecule has 2 aliphatic rings. The van der Waals surface area contributed by atoms with Crippen molar-refractivity contribution in [3.8, 4) is 5.75 Å². The topological polar surface area (TPSA) is 43.7 Å². The summed E-state index contributed by atoms with van der Waals surface area (Å²) in [5, 5.41) is 20.7. The minimum atomic E-state index is -0.537. The van der Waals surface area contributed by atoms with E-state index in [1.165, 1.54) is 22.3 Å². The van der Waals surface area contributed by atoms with Crippen molar-refractivity contribution in [3.05, 3.63) is 64.7 Å². The summed E-state index contributed by atoms with van der Waals surface area (Å²) in [4.78, 5) is 2.57. The molecule has 1 saturated carbocycles. The van der Waals surface area contributed by atoms with E-state index in [-0.39, 0.29) is 0 Å². The molecule has 0 bridgehead atoms. The Bertz CT molecular complexity index is 795. The summed E-state index contributed by atoms with van der Waals surface area (Å²) in [5.41, 5.74) is 4.58. The van der Waals surface area contributed by atoms with Crippen molar-refractivity contribution in [1.29, 1.82) is 0 Å². The number of aliphatic hydroxyl groups is 1. The molecule has 1 aliphatic heterocycles. The number of benzene rings is 2. The zero-order valence-corrected chi connectivity index (χ0v) is 17.4. The standard InChI is InChI=1S/C25H33NO2/c1-17-8-18(2)10-20(9-17)11-25(28)12-22-15-26(16-23(22)13-25)14-19(3)21-4-6-24(27)7-5-21/h4-10,19,22-23,27-28H,11-16H2,1-3H3/t19?,22-,23+,25-. The lowest BCUT2D eigenvalue weighted by atomic mass is 9.90. The smallest absolute Gasteiger partial charge is 0.115 e. The van der Waals surface area contributed by atoms with Gasteiger partial charge in [-0.05, 0) is 67.7 Å². The summed E-state index contributed by atoms with van der Waals surface area (Å²) in [6.45, 7) is 9.78. The first-order valence-corrected chi connectivity index (χ1v) is 10.6. The van der Waals surface area contributed by atoms with E-state index in [0.29, 0.717) is 23.5 Å². The number of rotatable bonds is 5. The minimum absolute atomic E-state index is 0.328. The maximum atomic E-state index is 11.3. The molecule has 2 fully saturated rings. The van der Waals surface area contributed by atoms with Gasteiger partial charge in [-0.3, -0.25) is 0 Å². The van der Waals surface area contributed by atoms with E-state index in [0.717, 1.165) is 38.9 Å². The number of phenolic OH excluding ortho intramolecular Hbond substituents is 1. The average Bonchev–Trinajstić information content (AvgIpc) is 3.08. The predicted octanol–water partition coefficient (Wildman–Crippen LogP) is 4.43. The highest BCUT2D eigenvalue weighted by atomic mass is 16.3. The van der Waals surface area contributed by atoms with Crippen LogP contribution in [0.15, 0.2) is 42.5 Å². The van der Waals surface area contributed by atoms with E-state index in [1.54, 1.807) is 12.1 Å². The van der Waals surface area contributed by atoms with Crippen molar-refractivity contribution >= 4 is 0 Å². The highest BCUT2D eigenvalue weighted by Gasteiger charge is 2.48. The number of phenols is 1. The van der Waals surface area contributed by atoms with Crippen LogP contribution in [-0.2, 0) is 6.42 Å². The summed E-state index contributed by atoms with van der Waals surface area (Å²) >= 11 is 0. The first-order chi connectivity index (χ1) is 13.3. The number of nitrogens with zero attached hydrogens (tertiary/aromatic N) is 1. The van der Waals surface area contributed by atoms with Crippen LogP contribution in [-0.4, -0.2) is 40.3 Å². The van der Waals surface area contributed by atoms with Gasteiger partial charge in [0.15, 0.2) is 0 Å². The van der Waals surface area contributed by atoms with Crippen molar-refractivity contribution in [3.63, 3.8) is 0 Å². The molecule has 2 N–H and O–H groups in total. The highest BCUT2D eigenvalue weighted by molar-refractivity contribution is 5.30. The Hall–Kier alpha value is -1.84. The lowest BCUT2D eigenvalue weighted by Gasteiger charge is -2.27. The molecular formula is C25H33NO2. The molecule has 0 amide bonds. The molecule has 4 rings (SSSR count). The fraction of sp³-hybridized carbons (Fsp3) is 0.520. The second kappa shape index (κ2) is 7.53. The van der Waals surface area contributed by atoms with Gasteiger partial charge in [-0.15, -0.1) is 0 Å². The van der Waals surface area contributed by atoms with Gasteiger partial charge in [-0.2, -0.15) is 0 Å². The third-order valence-corrected chi connectivity index (χ3v) is 6.75. The summed E-state index contributed by atoms with van der Waals surface area (Å²) in [7, 11) is 0. The second-order valence-corrected chi connectivity index (χ2v) is 9.54. The molecule has 1 heterocycles. The van der Waals surface area contributed by atoms with Gasteiger partial charge in [0.05, 0.1) is 5.60 Å². The fourth-order valence-corrected chi connectivity index (χ4v) is 5.70. The zero-order chi connectivity index (χ0) is 19.9. The minimum Gasteiger partial charge on any atom is -0.508 e. The zero-order valence-electron chi connectivity index (χ0n) is 17.4. The Morgan fingerprint density at radius 2 is 1.57 bits per heavy atom. The van der Waals surface area contributed by atoms with Crippen molar-refractivity contribution < 1.29 is 10.2 Å². The molecule has 0 spiro atoms. The number of aryl methyl sites for hydroxylation is 2. The van der Waals surface area contributed by atoms with E-state index < -0.39 is 5.60 Å². The van der Waals surface area contributed by atoms with Crippen LogP contribution < -0.4 is 0 Å². The first-order valence-electron chi connectivity index (χ1n) is 10.6. The van der Waals surface area contributed by atoms with Gasteiger partial charge >= 0.3 is 0 Å². The Kier molecular flexibility index (Phi) is 5.24. The molecule has 2 aromatic carbocycles. The lowest BCUT2D eigenvalue weighted by Crippen LogP contribution is -2.33. The largest absolute Gasteiger partial charge is 0.508 e. The molecule has 150 valence electrons. The highest BCUT2D eigenvalue weighted by Crippen LogP contribution is 2.45. The summed E-state index contributed by atoms with van der Waals surface area (Å²) < 4.78 is 0. The Morgan fingerprint density at radius 1 is 1.00 bits per heavy atom. The van der Waals surface area contributed by atoms with Gasteiger partial charge in [0.2, 0.25) is 0 Å². The number of likely N-dealkylation sites (tertiary alicyclic amines) is 1. The van der Waals surface area contributed by atoms with Gasteiger partial charge in [0, 0.05) is 26.1 Å². The third kappa shape index (κ3) is 4.26. The molecule has 0 aromatic heterocycles. The number of aromatic hydroxyl groups is 1. The summed E-state index contributed by atoms with van der Waals surface area (Å²) in [5.74, 6) is 2.01. The number of hydrogen-bond acceptors (Lipinski definition) is 3. The van der Waals surface area contributed by atoms with Crippen molar-refractivity contribution in [2.45, 2.75) is 51.6 Å². The van der Waals surface area contributed by atoms with Crippen LogP contribution in [0, 0.1) is 25.7 Å². The molecular weight excluding hydrogens is 346 g/mol. The Balaban J connectivity index is 1.34. The quantitative estimate of drug-likeness (QED) is 0.808. The van der Waals surface area contributed by atoms with Crippen LogP contribution in [0.25, 0.3) is 0 Å². The summed E-state index contributed by atoms with van der Waals surface area (Å²) in [6.07, 6.45) is 2.63. The van der Waals surface area contributed by atoms with Crippen molar-refractivity contribution in [2.75, 3.05) is 19.6 Å². The van der Waals surface area contributed by atoms with Crippen LogP contribution in [0.4, 0.5) is 0 Å². The van der Waals surface area contributed by atoms with Crippen molar-refractivity contribution in [1.82, 2.24) is 4.90 Å². The Labute approximate surface area is 169 Å². The first kappa shape index (κ1) is 19.5. The molecule has 3 nitrogen and oxygen atoms in total. The molecule has 1 saturated heterocycles. The van der Waals surface area contributed by atoms with Crippen LogP contribution in [0.1, 0.15) is 47.9 Å². The number of fused-ring (bicyclic) bond motifs is 1. The van der Waals surface area contributed by atoms with Crippen LogP contribution >= 0.6 is 0 Å². The molecule has 3 heteroatoms. The maximum absolute atomic E-state index is 11.3. The van der Waals surface area contributed by atoms with Gasteiger partial charge in [-0.1, -0.05) is 48.4 Å². The van der Waals surface area contributed by atoms with E-state index in [1.807, 2.05) is 12.1 Å². The summed E-state index contributed by atoms with van der Waals surface area (Å²) in [6, 6.07) is 14.3. The predicted molar refractivity (Wildman–Crippen MR) is 114 cm³/mol. The van der Waals surface area contributed by atoms with Crippen LogP contribution in [0.3, 0.4) is 0 Å². The third-order valence-electron chi connectivity index (χ3n) is 6.75. The van der Waals surface area contributed by atoms with Gasteiger partial charge in [-0.25, -0.2) is 0 Å². The maximum Gasteiger partial charge on any atom is 0.115 e. The van der Waals surface area contributed by atoms with E-state index in [9.17, 15) is 10.2 Å². The van der Waals surface area contributed by atoms with E-state index >= 15 is 0 Å². The van der Waals surface area contributed by atoms with Crippen LogP contribution in [0.2, 0.25) is 0 Å². The lowest BCUT2D eigenvalue weighted by molar-refractivity contribution is 0.0353. The number of hydrogen-bond donors (Lipinski definition) is 2. The normalized spacial score (nSPS) is 28.4. The SMILES string of the molecule is Cc1cc(C)cc(C[C@]2(O)C[C@H]3CN(CC(C)c4ccc(O)cc4)C[C@H]3C2)c1. The van der Waals surface area contributed by atoms with Gasteiger partial charge in [0.25, 0.3) is 0 Å². The van der Waals surface area contributed by atoms with Crippen LogP contribution in [0.5, 0.6) is 5.75 Å². The molecule has 1 aliphatic carbocycles. The van der Waals surface area contributed by atoms with Crippen molar-refractivity contribution in [2.24, 2.45) is 11.8 Å². The second-order valence-electron chi connectivity index (χ2n) is 9.54. The molecule has 2 aromatic rings. The molecule has 28 heavy (non-hydrogen) atoms. The average molecular weight is 380 g/mol. The monoisotopic (exact) mass is 379 g/mol. The van der Waals surface area contributed by atoms with Gasteiger partial charge in [0.1, 0.15) is 5.75 Å². The van der Waals surface area contributed by atoms with E-state index in [2.05, 4.69) is 43.9 Å². The van der Waals surface area contributed by atoms with Gasteiger partial charge < -0.3 is 15.1 Å². The van der Waals surface area contributed by atoms with E-state index in [4.69, 9.17) is 0 Å². The molecule has 0 radical (unpaired) electrons. The Morgan fingerprint density at radius 3 is 2.14 bits per heavy atom. The molecule has 1 unspecified atom stereocenters. The fourth-order valence-electron chi connectivity index (χ4n) is 5.70. The molecule has 4 atom stereocenters.